The summed E-state index contributed by atoms with van der Waals surface area (Å²) in [4.78, 5) is 12.3. The summed E-state index contributed by atoms with van der Waals surface area (Å²) < 4.78 is 15.4. The van der Waals surface area contributed by atoms with Crippen molar-refractivity contribution in [2.75, 3.05) is 19.5 Å². The first kappa shape index (κ1) is 16.4. The Bertz CT molecular complexity index is 904. The minimum absolute atomic E-state index is 0.0213. The van der Waals surface area contributed by atoms with Crippen molar-refractivity contribution in [2.24, 2.45) is 0 Å². The summed E-state index contributed by atoms with van der Waals surface area (Å²) in [5.74, 6) is 0.659. The molecule has 7 nitrogen and oxygen atoms in total. The van der Waals surface area contributed by atoms with E-state index in [4.69, 9.17) is 14.0 Å². The molecule has 128 valence electrons. The molecular formula is C18H16N2O5. The minimum Gasteiger partial charge on any atom is -0.507 e. The number of nitrogens with zero attached hydrogens (tertiary/aromatic N) is 1. The number of hydrogen-bond acceptors (Lipinski definition) is 6. The van der Waals surface area contributed by atoms with Gasteiger partial charge >= 0.3 is 0 Å². The van der Waals surface area contributed by atoms with Gasteiger partial charge in [-0.25, -0.2) is 0 Å². The van der Waals surface area contributed by atoms with Crippen molar-refractivity contribution in [1.82, 2.24) is 5.16 Å². The monoisotopic (exact) mass is 340 g/mol. The lowest BCUT2D eigenvalue weighted by Gasteiger charge is -2.09. The standard InChI is InChI=1S/C18H16N2O5/c1-23-15-8-7-11(9-16(15)24-2)19-18(22)17-10-13(20-25-17)12-5-3-4-6-14(12)21/h3-10,21H,1-2H3,(H,19,22). The van der Waals surface area contributed by atoms with Crippen molar-refractivity contribution in [3.05, 3.63) is 54.3 Å². The van der Waals surface area contributed by atoms with Crippen LogP contribution in [0.5, 0.6) is 17.2 Å². The Labute approximate surface area is 143 Å². The number of phenolic OH excluding ortho intramolecular Hbond substituents is 1. The van der Waals surface area contributed by atoms with Crippen molar-refractivity contribution in [2.45, 2.75) is 0 Å². The van der Waals surface area contributed by atoms with Crippen LogP contribution in [0.15, 0.2) is 53.1 Å². The highest BCUT2D eigenvalue weighted by Crippen LogP contribution is 2.31. The Morgan fingerprint density at radius 2 is 1.84 bits per heavy atom. The minimum atomic E-state index is -0.471. The van der Waals surface area contributed by atoms with E-state index in [1.54, 1.807) is 36.4 Å². The molecule has 1 heterocycles. The quantitative estimate of drug-likeness (QED) is 0.740. The SMILES string of the molecule is COc1ccc(NC(=O)c2cc(-c3ccccc3O)no2)cc1OC. The van der Waals surface area contributed by atoms with Crippen molar-refractivity contribution in [3.63, 3.8) is 0 Å². The summed E-state index contributed by atoms with van der Waals surface area (Å²) in [7, 11) is 3.05. The van der Waals surface area contributed by atoms with Crippen molar-refractivity contribution in [3.8, 4) is 28.5 Å². The zero-order valence-electron chi connectivity index (χ0n) is 13.6. The molecular weight excluding hydrogens is 324 g/mol. The molecule has 0 saturated carbocycles. The first-order valence-corrected chi connectivity index (χ1v) is 7.41. The number of nitrogens with one attached hydrogen (secondary N) is 1. The van der Waals surface area contributed by atoms with E-state index in [1.165, 1.54) is 26.4 Å². The van der Waals surface area contributed by atoms with Crippen LogP contribution in [0.1, 0.15) is 10.6 Å². The van der Waals surface area contributed by atoms with Gasteiger partial charge in [-0.1, -0.05) is 17.3 Å². The number of anilines is 1. The Balaban J connectivity index is 1.80. The molecule has 2 N–H and O–H groups in total. The molecule has 7 heteroatoms. The summed E-state index contributed by atoms with van der Waals surface area (Å²) in [6, 6.07) is 13.1. The fourth-order valence-electron chi connectivity index (χ4n) is 2.31. The third kappa shape index (κ3) is 3.40. The molecule has 0 aliphatic rings. The number of amides is 1. The topological polar surface area (TPSA) is 93.8 Å². The summed E-state index contributed by atoms with van der Waals surface area (Å²) >= 11 is 0. The smallest absolute Gasteiger partial charge is 0.294 e. The molecule has 0 fully saturated rings. The highest BCUT2D eigenvalue weighted by molar-refractivity contribution is 6.03. The van der Waals surface area contributed by atoms with Gasteiger partial charge < -0.3 is 24.4 Å². The van der Waals surface area contributed by atoms with E-state index in [-0.39, 0.29) is 11.5 Å². The van der Waals surface area contributed by atoms with E-state index in [1.807, 2.05) is 0 Å². The van der Waals surface area contributed by atoms with Gasteiger partial charge in [-0.15, -0.1) is 0 Å². The normalized spacial score (nSPS) is 10.3. The van der Waals surface area contributed by atoms with Crippen LogP contribution in [-0.4, -0.2) is 30.4 Å². The van der Waals surface area contributed by atoms with Crippen LogP contribution in [0.3, 0.4) is 0 Å². The fraction of sp³-hybridized carbons (Fsp3) is 0.111. The number of rotatable bonds is 5. The fourth-order valence-corrected chi connectivity index (χ4v) is 2.31. The van der Waals surface area contributed by atoms with Gasteiger partial charge in [0.15, 0.2) is 11.5 Å². The summed E-state index contributed by atoms with van der Waals surface area (Å²) in [6.07, 6.45) is 0. The summed E-state index contributed by atoms with van der Waals surface area (Å²) in [6.45, 7) is 0. The van der Waals surface area contributed by atoms with Crippen LogP contribution in [0.2, 0.25) is 0 Å². The van der Waals surface area contributed by atoms with Crippen LogP contribution in [0, 0.1) is 0 Å². The van der Waals surface area contributed by atoms with Crippen molar-refractivity contribution < 1.29 is 23.9 Å². The second-order valence-electron chi connectivity index (χ2n) is 5.12. The number of hydrogen-bond donors (Lipinski definition) is 2. The molecule has 1 aromatic heterocycles. The molecule has 25 heavy (non-hydrogen) atoms. The van der Waals surface area contributed by atoms with E-state index >= 15 is 0 Å². The van der Waals surface area contributed by atoms with Crippen LogP contribution < -0.4 is 14.8 Å². The molecule has 0 radical (unpaired) electrons. The number of para-hydroxylation sites is 1. The van der Waals surface area contributed by atoms with Gasteiger partial charge in [-0.3, -0.25) is 4.79 Å². The van der Waals surface area contributed by atoms with E-state index in [0.29, 0.717) is 28.4 Å². The number of ether oxygens (including phenoxy) is 2. The summed E-state index contributed by atoms with van der Waals surface area (Å²) in [5.41, 5.74) is 1.37. The molecule has 2 aromatic carbocycles. The molecule has 1 amide bonds. The Kier molecular flexibility index (Phi) is 4.56. The zero-order chi connectivity index (χ0) is 17.8. The van der Waals surface area contributed by atoms with Gasteiger partial charge in [0.1, 0.15) is 11.4 Å². The van der Waals surface area contributed by atoms with Crippen LogP contribution in [-0.2, 0) is 0 Å². The lowest BCUT2D eigenvalue weighted by Crippen LogP contribution is -2.11. The lowest BCUT2D eigenvalue weighted by atomic mass is 10.1. The Morgan fingerprint density at radius 1 is 1.08 bits per heavy atom. The van der Waals surface area contributed by atoms with Gasteiger partial charge in [-0.05, 0) is 24.3 Å². The maximum atomic E-state index is 12.3. The number of carbonyl (C=O) groups is 1. The second kappa shape index (κ2) is 6.96. The molecule has 0 unspecified atom stereocenters. The zero-order valence-corrected chi connectivity index (χ0v) is 13.6. The molecule has 3 rings (SSSR count). The first-order chi connectivity index (χ1) is 12.1. The Hall–Kier alpha value is -3.48. The number of carbonyl (C=O) groups excluding carboxylic acids is 1. The molecule has 0 aliphatic carbocycles. The maximum absolute atomic E-state index is 12.3. The summed E-state index contributed by atoms with van der Waals surface area (Å²) in [5, 5.41) is 16.4. The Morgan fingerprint density at radius 3 is 2.56 bits per heavy atom. The molecule has 0 spiro atoms. The number of aromatic hydroxyl groups is 1. The number of phenols is 1. The highest BCUT2D eigenvalue weighted by atomic mass is 16.5. The average molecular weight is 340 g/mol. The second-order valence-corrected chi connectivity index (χ2v) is 5.12. The van der Waals surface area contributed by atoms with Crippen LogP contribution in [0.4, 0.5) is 5.69 Å². The first-order valence-electron chi connectivity index (χ1n) is 7.41. The van der Waals surface area contributed by atoms with Gasteiger partial charge in [0.2, 0.25) is 5.76 Å². The number of aromatic nitrogens is 1. The van der Waals surface area contributed by atoms with E-state index in [2.05, 4.69) is 10.5 Å². The predicted octanol–water partition coefficient (Wildman–Crippen LogP) is 3.32. The third-order valence-corrected chi connectivity index (χ3v) is 3.56. The maximum Gasteiger partial charge on any atom is 0.294 e. The van der Waals surface area contributed by atoms with Gasteiger partial charge in [-0.2, -0.15) is 0 Å². The number of methoxy groups -OCH3 is 2. The predicted molar refractivity (Wildman–Crippen MR) is 91.1 cm³/mol. The van der Waals surface area contributed by atoms with Gasteiger partial charge in [0, 0.05) is 23.4 Å². The molecule has 0 aliphatic heterocycles. The molecule has 3 aromatic rings. The van der Waals surface area contributed by atoms with E-state index in [9.17, 15) is 9.90 Å². The lowest BCUT2D eigenvalue weighted by molar-refractivity contribution is 0.0988. The highest BCUT2D eigenvalue weighted by Gasteiger charge is 2.16. The van der Waals surface area contributed by atoms with Crippen LogP contribution >= 0.6 is 0 Å². The molecule has 0 bridgehead atoms. The van der Waals surface area contributed by atoms with Gasteiger partial charge in [0.05, 0.1) is 14.2 Å². The van der Waals surface area contributed by atoms with E-state index < -0.39 is 5.91 Å². The van der Waals surface area contributed by atoms with Crippen molar-refractivity contribution >= 4 is 11.6 Å². The van der Waals surface area contributed by atoms with Crippen molar-refractivity contribution in [1.29, 1.82) is 0 Å². The largest absolute Gasteiger partial charge is 0.507 e. The third-order valence-electron chi connectivity index (χ3n) is 3.56. The van der Waals surface area contributed by atoms with Gasteiger partial charge in [0.25, 0.3) is 5.91 Å². The van der Waals surface area contributed by atoms with Crippen LogP contribution in [0.25, 0.3) is 11.3 Å². The molecule has 0 saturated heterocycles. The number of benzene rings is 2. The molecule has 0 atom stereocenters. The average Bonchev–Trinajstić information content (AvgIpc) is 3.12. The van der Waals surface area contributed by atoms with E-state index in [0.717, 1.165) is 0 Å².